The molecule has 0 N–H and O–H groups in total. The topological polar surface area (TPSA) is 20.3 Å². The molecule has 2 nitrogen and oxygen atoms in total. The number of amides is 1. The number of rotatable bonds is 2. The van der Waals surface area contributed by atoms with Crippen LogP contribution >= 0.6 is 0 Å². The Hall–Kier alpha value is -1.38. The summed E-state index contributed by atoms with van der Waals surface area (Å²) in [5.74, 6) is 0.133. The third-order valence-electron chi connectivity index (χ3n) is 4.21. The van der Waals surface area contributed by atoms with Crippen molar-refractivity contribution in [2.24, 2.45) is 5.92 Å². The molecule has 1 aromatic carbocycles. The summed E-state index contributed by atoms with van der Waals surface area (Å²) in [5.41, 5.74) is 1.02. The van der Waals surface area contributed by atoms with Gasteiger partial charge < -0.3 is 4.90 Å². The molecule has 2 rings (SSSR count). The van der Waals surface area contributed by atoms with Crippen molar-refractivity contribution < 1.29 is 9.18 Å². The van der Waals surface area contributed by atoms with E-state index in [-0.39, 0.29) is 17.5 Å². The molecule has 1 amide bonds. The molecule has 1 fully saturated rings. The summed E-state index contributed by atoms with van der Waals surface area (Å²) in [5, 5.41) is 0. The summed E-state index contributed by atoms with van der Waals surface area (Å²) in [6, 6.07) is 5.05. The van der Waals surface area contributed by atoms with E-state index in [2.05, 4.69) is 6.92 Å². The summed E-state index contributed by atoms with van der Waals surface area (Å²) in [4.78, 5) is 14.1. The minimum atomic E-state index is -0.416. The van der Waals surface area contributed by atoms with Crippen LogP contribution in [0.15, 0.2) is 18.2 Å². The van der Waals surface area contributed by atoms with Crippen molar-refractivity contribution in [3.8, 4) is 0 Å². The van der Waals surface area contributed by atoms with Crippen molar-refractivity contribution in [1.29, 1.82) is 0 Å². The Morgan fingerprint density at radius 1 is 1.26 bits per heavy atom. The highest BCUT2D eigenvalue weighted by molar-refractivity contribution is 5.94. The number of aryl methyl sites for hydroxylation is 1. The highest BCUT2D eigenvalue weighted by Crippen LogP contribution is 2.27. The maximum atomic E-state index is 13.8. The van der Waals surface area contributed by atoms with Crippen LogP contribution < -0.4 is 0 Å². The first kappa shape index (κ1) is 14.0. The number of hydrogen-bond acceptors (Lipinski definition) is 1. The largest absolute Gasteiger partial charge is 0.339 e. The zero-order valence-electron chi connectivity index (χ0n) is 11.9. The number of carbonyl (C=O) groups excluding carboxylic acids is 1. The van der Waals surface area contributed by atoms with E-state index in [1.807, 2.05) is 6.92 Å². The average Bonchev–Trinajstić information content (AvgIpc) is 2.38. The minimum Gasteiger partial charge on any atom is -0.339 e. The van der Waals surface area contributed by atoms with E-state index in [4.69, 9.17) is 0 Å². The van der Waals surface area contributed by atoms with Gasteiger partial charge in [0.1, 0.15) is 5.82 Å². The molecule has 0 radical (unpaired) electrons. The third-order valence-corrected chi connectivity index (χ3v) is 4.21. The average molecular weight is 263 g/mol. The van der Waals surface area contributed by atoms with Gasteiger partial charge in [-0.1, -0.05) is 13.0 Å². The van der Waals surface area contributed by atoms with Gasteiger partial charge in [-0.15, -0.1) is 0 Å². The highest BCUT2D eigenvalue weighted by Gasteiger charge is 2.26. The van der Waals surface area contributed by atoms with Gasteiger partial charge in [-0.3, -0.25) is 4.79 Å². The lowest BCUT2D eigenvalue weighted by atomic mass is 9.86. The fourth-order valence-corrected chi connectivity index (χ4v) is 2.78. The molecule has 1 saturated carbocycles. The van der Waals surface area contributed by atoms with Crippen molar-refractivity contribution in [3.05, 3.63) is 35.1 Å². The molecule has 1 aliphatic rings. The molecule has 1 aliphatic carbocycles. The van der Waals surface area contributed by atoms with Crippen molar-refractivity contribution in [3.63, 3.8) is 0 Å². The Labute approximate surface area is 114 Å². The second-order valence-electron chi connectivity index (χ2n) is 5.81. The molecular weight excluding hydrogens is 241 g/mol. The molecular formula is C16H22FNO. The zero-order chi connectivity index (χ0) is 14.0. The second-order valence-corrected chi connectivity index (χ2v) is 5.81. The van der Waals surface area contributed by atoms with Gasteiger partial charge in [0, 0.05) is 13.1 Å². The molecule has 3 heteroatoms. The van der Waals surface area contributed by atoms with Gasteiger partial charge >= 0.3 is 0 Å². The molecule has 0 spiro atoms. The van der Waals surface area contributed by atoms with Crippen LogP contribution in [0.3, 0.4) is 0 Å². The van der Waals surface area contributed by atoms with Crippen molar-refractivity contribution in [1.82, 2.24) is 4.90 Å². The number of nitrogens with zero attached hydrogens (tertiary/aromatic N) is 1. The fraction of sp³-hybridized carbons (Fsp3) is 0.562. The third kappa shape index (κ3) is 3.14. The minimum absolute atomic E-state index is 0.187. The lowest BCUT2D eigenvalue weighted by Crippen LogP contribution is -2.39. The van der Waals surface area contributed by atoms with Crippen LogP contribution in [-0.4, -0.2) is 23.9 Å². The molecule has 0 aliphatic heterocycles. The molecule has 0 saturated heterocycles. The maximum absolute atomic E-state index is 13.8. The van der Waals surface area contributed by atoms with Crippen molar-refractivity contribution in [2.75, 3.05) is 7.05 Å². The van der Waals surface area contributed by atoms with E-state index in [0.717, 1.165) is 37.2 Å². The molecule has 0 bridgehead atoms. The van der Waals surface area contributed by atoms with E-state index in [1.165, 1.54) is 6.07 Å². The van der Waals surface area contributed by atoms with Crippen LogP contribution in [0, 0.1) is 18.7 Å². The highest BCUT2D eigenvalue weighted by atomic mass is 19.1. The monoisotopic (exact) mass is 263 g/mol. The Kier molecular flexibility index (Phi) is 4.23. The molecule has 0 heterocycles. The predicted octanol–water partition coefficient (Wildman–Crippen LogP) is 3.78. The first-order valence-electron chi connectivity index (χ1n) is 7.02. The fourth-order valence-electron chi connectivity index (χ4n) is 2.78. The van der Waals surface area contributed by atoms with Crippen LogP contribution in [-0.2, 0) is 0 Å². The maximum Gasteiger partial charge on any atom is 0.256 e. The van der Waals surface area contributed by atoms with Crippen molar-refractivity contribution >= 4 is 5.91 Å². The van der Waals surface area contributed by atoms with E-state index in [1.54, 1.807) is 24.1 Å². The Morgan fingerprint density at radius 2 is 1.89 bits per heavy atom. The number of hydrogen-bond donors (Lipinski definition) is 0. The first-order valence-corrected chi connectivity index (χ1v) is 7.02. The summed E-state index contributed by atoms with van der Waals surface area (Å²) in [6.45, 7) is 4.07. The normalized spacial score (nSPS) is 23.2. The first-order chi connectivity index (χ1) is 8.99. The number of carbonyl (C=O) groups is 1. The number of benzene rings is 1. The molecule has 1 aromatic rings. The van der Waals surface area contributed by atoms with Gasteiger partial charge in [-0.05, 0) is 56.2 Å². The lowest BCUT2D eigenvalue weighted by Gasteiger charge is -2.33. The van der Waals surface area contributed by atoms with Crippen LogP contribution in [0.2, 0.25) is 0 Å². The molecule has 0 aromatic heterocycles. The SMILES string of the molecule is Cc1ccc(C(=O)N(C)C2CCC(C)CC2)c(F)c1. The molecule has 19 heavy (non-hydrogen) atoms. The van der Waals surface area contributed by atoms with Crippen LogP contribution in [0.1, 0.15) is 48.5 Å². The summed E-state index contributed by atoms with van der Waals surface area (Å²) < 4.78 is 13.8. The predicted molar refractivity (Wildman–Crippen MR) is 74.7 cm³/mol. The molecule has 0 unspecified atom stereocenters. The van der Waals surface area contributed by atoms with E-state index in [0.29, 0.717) is 0 Å². The van der Waals surface area contributed by atoms with Crippen molar-refractivity contribution in [2.45, 2.75) is 45.6 Å². The summed E-state index contributed by atoms with van der Waals surface area (Å²) >= 11 is 0. The van der Waals surface area contributed by atoms with Gasteiger partial charge in [-0.25, -0.2) is 4.39 Å². The van der Waals surface area contributed by atoms with Crippen LogP contribution in [0.25, 0.3) is 0 Å². The van der Waals surface area contributed by atoms with Gasteiger partial charge in [0.25, 0.3) is 5.91 Å². The van der Waals surface area contributed by atoms with Crippen LogP contribution in [0.5, 0.6) is 0 Å². The van der Waals surface area contributed by atoms with Crippen LogP contribution in [0.4, 0.5) is 4.39 Å². The Morgan fingerprint density at radius 3 is 2.47 bits per heavy atom. The number of halogens is 1. The quantitative estimate of drug-likeness (QED) is 0.795. The van der Waals surface area contributed by atoms with Gasteiger partial charge in [0.15, 0.2) is 0 Å². The Bertz CT molecular complexity index is 464. The molecule has 0 atom stereocenters. The summed E-state index contributed by atoms with van der Waals surface area (Å²) in [7, 11) is 1.79. The second kappa shape index (κ2) is 5.72. The van der Waals surface area contributed by atoms with Gasteiger partial charge in [0.05, 0.1) is 5.56 Å². The molecule has 104 valence electrons. The van der Waals surface area contributed by atoms with Gasteiger partial charge in [-0.2, -0.15) is 0 Å². The summed E-state index contributed by atoms with van der Waals surface area (Å²) in [6.07, 6.45) is 4.35. The zero-order valence-corrected chi connectivity index (χ0v) is 11.9. The Balaban J connectivity index is 2.10. The standard InChI is InChI=1S/C16H22FNO/c1-11-4-7-13(8-5-11)18(3)16(19)14-9-6-12(2)10-15(14)17/h6,9-11,13H,4-5,7-8H2,1-3H3. The lowest BCUT2D eigenvalue weighted by molar-refractivity contribution is 0.0675. The van der Waals surface area contributed by atoms with E-state index >= 15 is 0 Å². The smallest absolute Gasteiger partial charge is 0.256 e. The van der Waals surface area contributed by atoms with Gasteiger partial charge in [0.2, 0.25) is 0 Å². The van der Waals surface area contributed by atoms with E-state index in [9.17, 15) is 9.18 Å². The van der Waals surface area contributed by atoms with E-state index < -0.39 is 5.82 Å².